The Morgan fingerprint density at radius 3 is 2.50 bits per heavy atom. The van der Waals surface area contributed by atoms with E-state index in [1.54, 1.807) is 7.11 Å². The molecule has 6 rings (SSSR count). The Hall–Kier alpha value is -3.34. The van der Waals surface area contributed by atoms with E-state index in [2.05, 4.69) is 45.6 Å². The second-order valence-corrected chi connectivity index (χ2v) is 7.96. The molecular weight excluding hydrogens is 376 g/mol. The SMILES string of the molecule is COc1ccc(-c2cn3cc(-c4ccc5c(c4)OCCO5)c4c3n2CCCC4)cc1. The highest BCUT2D eigenvalue weighted by molar-refractivity contribution is 5.79. The van der Waals surface area contributed by atoms with Crippen LogP contribution in [-0.2, 0) is 13.0 Å². The smallest absolute Gasteiger partial charge is 0.161 e. The van der Waals surface area contributed by atoms with E-state index in [0.29, 0.717) is 13.2 Å². The molecule has 0 spiro atoms. The van der Waals surface area contributed by atoms with Crippen LogP contribution in [0.15, 0.2) is 54.9 Å². The molecule has 5 heteroatoms. The van der Waals surface area contributed by atoms with Gasteiger partial charge in [-0.3, -0.25) is 0 Å². The fourth-order valence-electron chi connectivity index (χ4n) is 4.77. The zero-order valence-corrected chi connectivity index (χ0v) is 17.1. The molecule has 0 atom stereocenters. The standard InChI is InChI=1S/C25H24N2O3/c1-28-19-8-5-17(6-9-19)22-16-26-15-21(20-4-2-3-11-27(22)25(20)26)18-7-10-23-24(14-18)30-13-12-29-23/h5-10,14-16H,2-4,11-13H2,1H3. The molecule has 0 saturated carbocycles. The summed E-state index contributed by atoms with van der Waals surface area (Å²) in [5, 5.41) is 0. The van der Waals surface area contributed by atoms with Gasteiger partial charge in [-0.15, -0.1) is 0 Å². The van der Waals surface area contributed by atoms with Crippen molar-refractivity contribution < 1.29 is 14.2 Å². The Balaban J connectivity index is 1.49. The van der Waals surface area contributed by atoms with Crippen LogP contribution in [0.3, 0.4) is 0 Å². The van der Waals surface area contributed by atoms with Crippen molar-refractivity contribution in [3.05, 3.63) is 60.4 Å². The Morgan fingerprint density at radius 2 is 1.67 bits per heavy atom. The molecule has 2 aliphatic rings. The summed E-state index contributed by atoms with van der Waals surface area (Å²) in [5.74, 6) is 2.57. The number of fused-ring (bicyclic) bond motifs is 1. The maximum Gasteiger partial charge on any atom is 0.161 e. The Kier molecular flexibility index (Phi) is 4.01. The van der Waals surface area contributed by atoms with Gasteiger partial charge >= 0.3 is 0 Å². The quantitative estimate of drug-likeness (QED) is 0.475. The monoisotopic (exact) mass is 400 g/mol. The molecule has 5 nitrogen and oxygen atoms in total. The average molecular weight is 400 g/mol. The number of aryl methyl sites for hydroxylation is 2. The fourth-order valence-corrected chi connectivity index (χ4v) is 4.77. The summed E-state index contributed by atoms with van der Waals surface area (Å²) in [5.41, 5.74) is 7.68. The lowest BCUT2D eigenvalue weighted by atomic mass is 10.0. The van der Waals surface area contributed by atoms with Gasteiger partial charge in [0.1, 0.15) is 24.6 Å². The Labute approximate surface area is 175 Å². The van der Waals surface area contributed by atoms with Gasteiger partial charge in [-0.05, 0) is 66.8 Å². The molecule has 0 unspecified atom stereocenters. The van der Waals surface area contributed by atoms with Gasteiger partial charge in [0.25, 0.3) is 0 Å². The van der Waals surface area contributed by atoms with Gasteiger partial charge < -0.3 is 23.2 Å². The summed E-state index contributed by atoms with van der Waals surface area (Å²) in [6.45, 7) is 2.26. The first-order valence-electron chi connectivity index (χ1n) is 10.6. The maximum atomic E-state index is 5.83. The molecule has 2 aliphatic heterocycles. The second kappa shape index (κ2) is 6.87. The van der Waals surface area contributed by atoms with Gasteiger partial charge in [-0.2, -0.15) is 0 Å². The number of hydrogen-bond donors (Lipinski definition) is 0. The number of nitrogens with zero attached hydrogens (tertiary/aromatic N) is 2. The van der Waals surface area contributed by atoms with Crippen molar-refractivity contribution in [2.75, 3.05) is 20.3 Å². The van der Waals surface area contributed by atoms with Crippen molar-refractivity contribution in [2.45, 2.75) is 25.8 Å². The molecule has 0 radical (unpaired) electrons. The van der Waals surface area contributed by atoms with Crippen LogP contribution in [0.25, 0.3) is 28.0 Å². The normalized spacial score (nSPS) is 15.2. The summed E-state index contributed by atoms with van der Waals surface area (Å²) >= 11 is 0. The summed E-state index contributed by atoms with van der Waals surface area (Å²) < 4.78 is 21.6. The minimum absolute atomic E-state index is 0.608. The first kappa shape index (κ1) is 17.5. The minimum atomic E-state index is 0.608. The van der Waals surface area contributed by atoms with Crippen LogP contribution in [0, 0.1) is 0 Å². The molecule has 152 valence electrons. The third kappa shape index (κ3) is 2.69. The van der Waals surface area contributed by atoms with E-state index >= 15 is 0 Å². The van der Waals surface area contributed by atoms with E-state index in [-0.39, 0.29) is 0 Å². The molecule has 0 amide bonds. The van der Waals surface area contributed by atoms with E-state index in [1.165, 1.54) is 46.4 Å². The van der Waals surface area contributed by atoms with Crippen molar-refractivity contribution in [3.8, 4) is 39.6 Å². The number of benzene rings is 2. The molecule has 2 aromatic heterocycles. The topological polar surface area (TPSA) is 37.0 Å². The second-order valence-electron chi connectivity index (χ2n) is 7.96. The van der Waals surface area contributed by atoms with E-state index in [0.717, 1.165) is 30.2 Å². The van der Waals surface area contributed by atoms with Crippen LogP contribution >= 0.6 is 0 Å². The van der Waals surface area contributed by atoms with Gasteiger partial charge in [0.05, 0.1) is 12.8 Å². The molecule has 0 fully saturated rings. The zero-order valence-electron chi connectivity index (χ0n) is 17.1. The van der Waals surface area contributed by atoms with Crippen LogP contribution in [0.1, 0.15) is 18.4 Å². The number of methoxy groups -OCH3 is 1. The van der Waals surface area contributed by atoms with Gasteiger partial charge in [0, 0.05) is 30.1 Å². The van der Waals surface area contributed by atoms with Crippen molar-refractivity contribution in [1.29, 1.82) is 0 Å². The zero-order chi connectivity index (χ0) is 20.1. The van der Waals surface area contributed by atoms with E-state index < -0.39 is 0 Å². The predicted octanol–water partition coefficient (Wildman–Crippen LogP) is 5.19. The number of hydrogen-bond acceptors (Lipinski definition) is 3. The Morgan fingerprint density at radius 1 is 0.867 bits per heavy atom. The van der Waals surface area contributed by atoms with Crippen LogP contribution in [-0.4, -0.2) is 29.3 Å². The molecular formula is C25H24N2O3. The lowest BCUT2D eigenvalue weighted by molar-refractivity contribution is 0.171. The highest BCUT2D eigenvalue weighted by Gasteiger charge is 2.23. The molecule has 0 aliphatic carbocycles. The third-order valence-corrected chi connectivity index (χ3v) is 6.21. The number of imidazole rings is 1. The number of ether oxygens (including phenoxy) is 3. The molecule has 0 saturated heterocycles. The predicted molar refractivity (Wildman–Crippen MR) is 117 cm³/mol. The lowest BCUT2D eigenvalue weighted by Crippen LogP contribution is -2.15. The van der Waals surface area contributed by atoms with Crippen molar-refractivity contribution >= 4 is 5.65 Å². The highest BCUT2D eigenvalue weighted by Crippen LogP contribution is 2.40. The molecule has 2 aromatic carbocycles. The highest BCUT2D eigenvalue weighted by atomic mass is 16.6. The van der Waals surface area contributed by atoms with Gasteiger partial charge in [0.15, 0.2) is 11.5 Å². The average Bonchev–Trinajstić information content (AvgIpc) is 3.23. The van der Waals surface area contributed by atoms with E-state index in [9.17, 15) is 0 Å². The Bertz CT molecular complexity index is 1230. The molecule has 0 bridgehead atoms. The third-order valence-electron chi connectivity index (χ3n) is 6.21. The summed E-state index contributed by atoms with van der Waals surface area (Å²) in [6.07, 6.45) is 7.99. The molecule has 4 aromatic rings. The summed E-state index contributed by atoms with van der Waals surface area (Å²) in [7, 11) is 1.70. The van der Waals surface area contributed by atoms with Crippen LogP contribution in [0.2, 0.25) is 0 Å². The van der Waals surface area contributed by atoms with E-state index in [1.807, 2.05) is 18.2 Å². The van der Waals surface area contributed by atoms with Crippen LogP contribution < -0.4 is 14.2 Å². The van der Waals surface area contributed by atoms with Crippen LogP contribution in [0.5, 0.6) is 17.2 Å². The van der Waals surface area contributed by atoms with Gasteiger partial charge in [0.2, 0.25) is 0 Å². The summed E-state index contributed by atoms with van der Waals surface area (Å²) in [4.78, 5) is 0. The van der Waals surface area contributed by atoms with Crippen molar-refractivity contribution in [1.82, 2.24) is 8.97 Å². The van der Waals surface area contributed by atoms with E-state index in [4.69, 9.17) is 14.2 Å². The summed E-state index contributed by atoms with van der Waals surface area (Å²) in [6, 6.07) is 14.7. The first-order valence-corrected chi connectivity index (χ1v) is 10.6. The van der Waals surface area contributed by atoms with Crippen LogP contribution in [0.4, 0.5) is 0 Å². The fraction of sp³-hybridized carbons (Fsp3) is 0.280. The lowest BCUT2D eigenvalue weighted by Gasteiger charge is -2.19. The van der Waals surface area contributed by atoms with Gasteiger partial charge in [-0.25, -0.2) is 0 Å². The van der Waals surface area contributed by atoms with Crippen molar-refractivity contribution in [2.24, 2.45) is 0 Å². The molecule has 4 heterocycles. The molecule has 30 heavy (non-hydrogen) atoms. The molecule has 0 N–H and O–H groups in total. The minimum Gasteiger partial charge on any atom is -0.497 e. The van der Waals surface area contributed by atoms with Gasteiger partial charge in [-0.1, -0.05) is 6.07 Å². The van der Waals surface area contributed by atoms with Crippen molar-refractivity contribution in [3.63, 3.8) is 0 Å². The largest absolute Gasteiger partial charge is 0.497 e. The maximum absolute atomic E-state index is 5.83. The first-order chi connectivity index (χ1) is 14.8. The number of rotatable bonds is 3. The number of aromatic nitrogens is 2.